The number of benzene rings is 6. The van der Waals surface area contributed by atoms with Crippen molar-refractivity contribution in [2.24, 2.45) is 0 Å². The molecule has 2 unspecified atom stereocenters. The van der Waals surface area contributed by atoms with Crippen molar-refractivity contribution in [1.29, 1.82) is 0 Å². The molecule has 6 aromatic carbocycles. The van der Waals surface area contributed by atoms with E-state index in [0.29, 0.717) is 45.4 Å². The molecule has 61 heavy (non-hydrogen) atoms. The first-order valence-corrected chi connectivity index (χ1v) is 20.6. The van der Waals surface area contributed by atoms with E-state index in [1.807, 2.05) is 91.0 Å². The lowest BCUT2D eigenvalue weighted by molar-refractivity contribution is 0.0213. The first kappa shape index (κ1) is 39.5. The van der Waals surface area contributed by atoms with Crippen LogP contribution in [0.1, 0.15) is 81.8 Å². The number of anilines is 2. The van der Waals surface area contributed by atoms with Crippen molar-refractivity contribution in [3.05, 3.63) is 166 Å². The van der Waals surface area contributed by atoms with Gasteiger partial charge in [-0.15, -0.1) is 0 Å². The fourth-order valence-corrected chi connectivity index (χ4v) is 9.09. The second-order valence-electron chi connectivity index (χ2n) is 15.0. The Morgan fingerprint density at radius 3 is 1.43 bits per heavy atom. The molecule has 0 fully saturated rings. The van der Waals surface area contributed by atoms with E-state index < -0.39 is 11.2 Å². The molecular weight excluding hydrogens is 773 g/mol. The average Bonchev–Trinajstić information content (AvgIpc) is 3.74. The first-order valence-electron chi connectivity index (χ1n) is 20.6. The van der Waals surface area contributed by atoms with Crippen molar-refractivity contribution in [3.63, 3.8) is 0 Å². The number of hydrogen-bond donors (Lipinski definition) is 1. The van der Waals surface area contributed by atoms with E-state index in [-0.39, 0.29) is 24.5 Å². The first-order chi connectivity index (χ1) is 29.7. The van der Waals surface area contributed by atoms with E-state index in [2.05, 4.69) is 43.6 Å². The quantitative estimate of drug-likeness (QED) is 0.111. The van der Waals surface area contributed by atoms with Crippen LogP contribution in [0.2, 0.25) is 0 Å². The Balaban J connectivity index is 0.000000157. The van der Waals surface area contributed by atoms with Gasteiger partial charge in [-0.2, -0.15) is 0 Å². The lowest BCUT2D eigenvalue weighted by Gasteiger charge is -2.37. The van der Waals surface area contributed by atoms with Gasteiger partial charge in [0.05, 0.1) is 11.1 Å². The number of nitrogens with zero attached hydrogens (tertiary/aromatic N) is 2. The molecule has 0 aromatic heterocycles. The summed E-state index contributed by atoms with van der Waals surface area (Å²) < 4.78 is 35.5. The van der Waals surface area contributed by atoms with Gasteiger partial charge in [-0.25, -0.2) is 9.59 Å². The summed E-state index contributed by atoms with van der Waals surface area (Å²) in [4.78, 5) is 30.2. The van der Waals surface area contributed by atoms with E-state index in [9.17, 15) is 14.7 Å². The molecule has 11 heteroatoms. The van der Waals surface area contributed by atoms with Gasteiger partial charge in [-0.1, -0.05) is 36.4 Å². The van der Waals surface area contributed by atoms with Crippen LogP contribution in [0.15, 0.2) is 121 Å². The molecule has 4 heterocycles. The van der Waals surface area contributed by atoms with Crippen LogP contribution in [0.3, 0.4) is 0 Å². The lowest BCUT2D eigenvalue weighted by Crippen LogP contribution is -2.33. The summed E-state index contributed by atoms with van der Waals surface area (Å²) in [7, 11) is 1.57. The standard InChI is InChI=1S/C26H25NO5.C24H21NO4/c1-4-27(5-2)17-10-12-21-23(14-17)31-24-15-18(30-16-29-3)11-13-22(24)26(21)20-9-7-6-8-19(20)25(28)32-26;1-3-25(4-2)15-9-11-19-21(13-15)28-22-14-16(26)10-12-20(22)24(19)18-8-6-5-7-17(18)23(27)29-24/h6-15H,4-5,16H2,1-3H3;5-14,26H,3-4H2,1-2H3. The second kappa shape index (κ2) is 15.6. The van der Waals surface area contributed by atoms with Crippen molar-refractivity contribution >= 4 is 23.3 Å². The number of rotatable bonds is 9. The van der Waals surface area contributed by atoms with Gasteiger partial charge in [0.1, 0.15) is 34.5 Å². The number of hydrogen-bond acceptors (Lipinski definition) is 11. The van der Waals surface area contributed by atoms with Gasteiger partial charge in [0.2, 0.25) is 0 Å². The molecule has 11 nitrogen and oxygen atoms in total. The van der Waals surface area contributed by atoms with Gasteiger partial charge in [0, 0.05) is 102 Å². The summed E-state index contributed by atoms with van der Waals surface area (Å²) in [6.07, 6.45) is 0. The molecule has 2 spiro atoms. The predicted molar refractivity (Wildman–Crippen MR) is 231 cm³/mol. The van der Waals surface area contributed by atoms with E-state index in [1.165, 1.54) is 0 Å². The summed E-state index contributed by atoms with van der Waals surface area (Å²) in [5.41, 5.74) is 5.71. The molecule has 10 rings (SSSR count). The topological polar surface area (TPSA) is 116 Å². The van der Waals surface area contributed by atoms with E-state index in [1.54, 1.807) is 31.4 Å². The summed E-state index contributed by atoms with van der Waals surface area (Å²) in [5.74, 6) is 2.37. The maximum absolute atomic E-state index is 12.9. The predicted octanol–water partition coefficient (Wildman–Crippen LogP) is 9.89. The zero-order valence-corrected chi connectivity index (χ0v) is 34.7. The number of fused-ring (bicyclic) bond motifs is 12. The Kier molecular flexibility index (Phi) is 10.1. The van der Waals surface area contributed by atoms with Gasteiger partial charge >= 0.3 is 11.9 Å². The second-order valence-corrected chi connectivity index (χ2v) is 15.0. The molecule has 6 aromatic rings. The smallest absolute Gasteiger partial charge is 0.340 e. The number of esters is 2. The molecule has 4 aliphatic heterocycles. The van der Waals surface area contributed by atoms with Crippen molar-refractivity contribution < 1.29 is 43.1 Å². The van der Waals surface area contributed by atoms with E-state index in [4.69, 9.17) is 28.4 Å². The molecule has 0 aliphatic carbocycles. The summed E-state index contributed by atoms with van der Waals surface area (Å²) >= 11 is 0. The number of ether oxygens (including phenoxy) is 6. The third-order valence-electron chi connectivity index (χ3n) is 12.0. The lowest BCUT2D eigenvalue weighted by atomic mass is 9.77. The van der Waals surface area contributed by atoms with Crippen LogP contribution in [-0.4, -0.2) is 57.1 Å². The highest BCUT2D eigenvalue weighted by Crippen LogP contribution is 2.58. The van der Waals surface area contributed by atoms with E-state index >= 15 is 0 Å². The Morgan fingerprint density at radius 2 is 0.951 bits per heavy atom. The Labute approximate surface area is 354 Å². The number of carbonyl (C=O) groups excluding carboxylic acids is 2. The highest BCUT2D eigenvalue weighted by atomic mass is 16.7. The van der Waals surface area contributed by atoms with Crippen LogP contribution in [-0.2, 0) is 25.4 Å². The largest absolute Gasteiger partial charge is 0.508 e. The zero-order chi connectivity index (χ0) is 42.5. The molecule has 1 N–H and O–H groups in total. The van der Waals surface area contributed by atoms with Gasteiger partial charge < -0.3 is 43.3 Å². The van der Waals surface area contributed by atoms with Crippen LogP contribution in [0.25, 0.3) is 0 Å². The van der Waals surface area contributed by atoms with Crippen LogP contribution in [0.4, 0.5) is 11.4 Å². The number of phenolic OH excluding ortho intramolecular Hbond substituents is 1. The fourth-order valence-electron chi connectivity index (χ4n) is 9.09. The Hall–Kier alpha value is -6.98. The molecule has 0 radical (unpaired) electrons. The third-order valence-corrected chi connectivity index (χ3v) is 12.0. The maximum atomic E-state index is 12.9. The van der Waals surface area contributed by atoms with Gasteiger partial charge in [-0.3, -0.25) is 0 Å². The van der Waals surface area contributed by atoms with Crippen LogP contribution in [0, 0.1) is 0 Å². The highest BCUT2D eigenvalue weighted by Gasteiger charge is 2.55. The Bertz CT molecular complexity index is 2690. The molecular formula is C50H46N2O9. The molecule has 0 amide bonds. The van der Waals surface area contributed by atoms with Crippen molar-refractivity contribution in [3.8, 4) is 34.5 Å². The molecule has 4 aliphatic rings. The molecule has 0 bridgehead atoms. The number of aromatic hydroxyl groups is 1. The Morgan fingerprint density at radius 1 is 0.525 bits per heavy atom. The van der Waals surface area contributed by atoms with Gasteiger partial charge in [0.15, 0.2) is 18.0 Å². The zero-order valence-electron chi connectivity index (χ0n) is 34.7. The van der Waals surface area contributed by atoms with Crippen molar-refractivity contribution in [2.75, 3.05) is 49.9 Å². The highest BCUT2D eigenvalue weighted by molar-refractivity contribution is 5.98. The normalized spacial score (nSPS) is 18.1. The van der Waals surface area contributed by atoms with Crippen LogP contribution < -0.4 is 24.0 Å². The number of phenols is 1. The minimum Gasteiger partial charge on any atom is -0.508 e. The summed E-state index contributed by atoms with van der Waals surface area (Å²) in [6.45, 7) is 12.1. The summed E-state index contributed by atoms with van der Waals surface area (Å²) in [6, 6.07) is 37.6. The molecule has 2 atom stereocenters. The molecule has 0 saturated heterocycles. The van der Waals surface area contributed by atoms with Crippen molar-refractivity contribution in [1.82, 2.24) is 0 Å². The van der Waals surface area contributed by atoms with Crippen molar-refractivity contribution in [2.45, 2.75) is 38.9 Å². The molecule has 0 saturated carbocycles. The maximum Gasteiger partial charge on any atom is 0.340 e. The van der Waals surface area contributed by atoms with Gasteiger partial charge in [0.25, 0.3) is 0 Å². The van der Waals surface area contributed by atoms with E-state index in [0.717, 1.165) is 65.4 Å². The average molecular weight is 819 g/mol. The minimum atomic E-state index is -1.09. The van der Waals surface area contributed by atoms with Crippen LogP contribution >= 0.6 is 0 Å². The number of carbonyl (C=O) groups is 2. The van der Waals surface area contributed by atoms with Gasteiger partial charge in [-0.05, 0) is 88.4 Å². The fraction of sp³-hybridized carbons (Fsp3) is 0.240. The third kappa shape index (κ3) is 6.21. The minimum absolute atomic E-state index is 0.0971. The monoisotopic (exact) mass is 818 g/mol. The number of methoxy groups -OCH3 is 1. The SMILES string of the molecule is CCN(CC)c1ccc2c(c1)Oc1cc(O)ccc1C21OC(=O)c2ccccc21.CCN(CC)c1ccc2c(c1)Oc1cc(OCOC)ccc1C21OC(=O)c2ccccc21. The summed E-state index contributed by atoms with van der Waals surface area (Å²) in [5, 5.41) is 10.0. The van der Waals surface area contributed by atoms with Crippen LogP contribution in [0.5, 0.6) is 34.5 Å². The molecule has 310 valence electrons.